The number of nitrogen functional groups attached to an aromatic ring is 1. The summed E-state index contributed by atoms with van der Waals surface area (Å²) in [4.78, 5) is 0. The molecule has 1 aromatic rings. The Labute approximate surface area is 111 Å². The van der Waals surface area contributed by atoms with E-state index in [0.29, 0.717) is 5.33 Å². The van der Waals surface area contributed by atoms with Crippen molar-refractivity contribution in [1.82, 2.24) is 0 Å². The van der Waals surface area contributed by atoms with E-state index in [9.17, 15) is 23.4 Å². The molecule has 0 amide bonds. The lowest BCUT2D eigenvalue weighted by Gasteiger charge is -2.19. The normalized spacial score (nSPS) is 15.4. The van der Waals surface area contributed by atoms with Gasteiger partial charge in [0, 0.05) is 11.0 Å². The van der Waals surface area contributed by atoms with E-state index in [4.69, 9.17) is 5.73 Å². The molecule has 0 radical (unpaired) electrons. The number of aliphatic hydroxyl groups is 2. The SMILES string of the molecule is Nc1cc(C(O)C(O)CCBr)ccc1C(F)(F)F. The van der Waals surface area contributed by atoms with Gasteiger partial charge in [0.25, 0.3) is 0 Å². The summed E-state index contributed by atoms with van der Waals surface area (Å²) >= 11 is 3.10. The van der Waals surface area contributed by atoms with Gasteiger partial charge in [-0.1, -0.05) is 22.0 Å². The Morgan fingerprint density at radius 2 is 1.89 bits per heavy atom. The van der Waals surface area contributed by atoms with E-state index in [1.807, 2.05) is 0 Å². The molecule has 2 atom stereocenters. The summed E-state index contributed by atoms with van der Waals surface area (Å²) in [6, 6.07) is 2.95. The van der Waals surface area contributed by atoms with Crippen LogP contribution in [0, 0.1) is 0 Å². The molecular formula is C11H13BrF3NO2. The molecule has 7 heteroatoms. The fourth-order valence-electron chi connectivity index (χ4n) is 1.52. The zero-order valence-corrected chi connectivity index (χ0v) is 10.9. The summed E-state index contributed by atoms with van der Waals surface area (Å²) in [6.45, 7) is 0. The third-order valence-corrected chi connectivity index (χ3v) is 2.95. The zero-order valence-electron chi connectivity index (χ0n) is 9.28. The molecule has 0 aliphatic carbocycles. The van der Waals surface area contributed by atoms with Gasteiger partial charge in [-0.05, 0) is 24.1 Å². The van der Waals surface area contributed by atoms with Crippen molar-refractivity contribution in [3.05, 3.63) is 29.3 Å². The fourth-order valence-corrected chi connectivity index (χ4v) is 1.98. The summed E-state index contributed by atoms with van der Waals surface area (Å²) in [7, 11) is 0. The van der Waals surface area contributed by atoms with Gasteiger partial charge in [-0.3, -0.25) is 0 Å². The van der Waals surface area contributed by atoms with Gasteiger partial charge in [-0.15, -0.1) is 0 Å². The highest BCUT2D eigenvalue weighted by Crippen LogP contribution is 2.35. The van der Waals surface area contributed by atoms with Crippen LogP contribution in [-0.2, 0) is 6.18 Å². The van der Waals surface area contributed by atoms with E-state index in [1.165, 1.54) is 0 Å². The molecule has 0 saturated heterocycles. The van der Waals surface area contributed by atoms with Crippen LogP contribution in [0.15, 0.2) is 18.2 Å². The van der Waals surface area contributed by atoms with Crippen molar-refractivity contribution in [2.75, 3.05) is 11.1 Å². The predicted octanol–water partition coefficient (Wildman–Crippen LogP) is 2.47. The van der Waals surface area contributed by atoms with Crippen LogP contribution in [0.3, 0.4) is 0 Å². The Hall–Kier alpha value is -0.790. The smallest absolute Gasteiger partial charge is 0.398 e. The second kappa shape index (κ2) is 5.90. The second-order valence-corrected chi connectivity index (χ2v) is 4.63. The predicted molar refractivity (Wildman–Crippen MR) is 65.2 cm³/mol. The number of halogens is 4. The maximum absolute atomic E-state index is 12.5. The Bertz CT molecular complexity index is 412. The third-order valence-electron chi connectivity index (χ3n) is 2.49. The van der Waals surface area contributed by atoms with Crippen molar-refractivity contribution < 1.29 is 23.4 Å². The number of aliphatic hydroxyl groups excluding tert-OH is 2. The monoisotopic (exact) mass is 327 g/mol. The molecule has 1 rings (SSSR count). The van der Waals surface area contributed by atoms with Crippen LogP contribution in [0.25, 0.3) is 0 Å². The van der Waals surface area contributed by atoms with Gasteiger partial charge in [0.2, 0.25) is 0 Å². The van der Waals surface area contributed by atoms with Crippen LogP contribution in [-0.4, -0.2) is 21.6 Å². The standard InChI is InChI=1S/C11H13BrF3NO2/c12-4-3-9(17)10(18)6-1-2-7(8(16)5-6)11(13,14)15/h1-2,5,9-10,17-18H,3-4,16H2. The molecule has 0 spiro atoms. The Balaban J connectivity index is 2.97. The highest BCUT2D eigenvalue weighted by Gasteiger charge is 2.33. The fraction of sp³-hybridized carbons (Fsp3) is 0.455. The van der Waals surface area contributed by atoms with Gasteiger partial charge in [0.05, 0.1) is 11.7 Å². The third kappa shape index (κ3) is 3.60. The van der Waals surface area contributed by atoms with Crippen LogP contribution in [0.4, 0.5) is 18.9 Å². The van der Waals surface area contributed by atoms with Crippen LogP contribution < -0.4 is 5.73 Å². The Kier molecular flexibility index (Phi) is 5.01. The number of nitrogens with two attached hydrogens (primary N) is 1. The summed E-state index contributed by atoms with van der Waals surface area (Å²) in [5, 5.41) is 19.8. The van der Waals surface area contributed by atoms with E-state index in [1.54, 1.807) is 0 Å². The Morgan fingerprint density at radius 3 is 2.33 bits per heavy atom. The zero-order chi connectivity index (χ0) is 13.9. The molecule has 0 aliphatic rings. The molecule has 4 N–H and O–H groups in total. The van der Waals surface area contributed by atoms with Crippen LogP contribution in [0.2, 0.25) is 0 Å². The van der Waals surface area contributed by atoms with E-state index < -0.39 is 29.6 Å². The minimum Gasteiger partial charge on any atom is -0.398 e. The molecule has 2 unspecified atom stereocenters. The highest BCUT2D eigenvalue weighted by molar-refractivity contribution is 9.09. The summed E-state index contributed by atoms with van der Waals surface area (Å²) in [5.41, 5.74) is 4.04. The number of anilines is 1. The topological polar surface area (TPSA) is 66.5 Å². The van der Waals surface area contributed by atoms with Gasteiger partial charge in [0.15, 0.2) is 0 Å². The van der Waals surface area contributed by atoms with E-state index >= 15 is 0 Å². The van der Waals surface area contributed by atoms with Crippen molar-refractivity contribution in [2.45, 2.75) is 24.8 Å². The number of alkyl halides is 4. The molecule has 0 aromatic heterocycles. The molecule has 102 valence electrons. The maximum atomic E-state index is 12.5. The quantitative estimate of drug-likeness (QED) is 0.588. The molecule has 0 heterocycles. The van der Waals surface area contributed by atoms with Crippen molar-refractivity contribution >= 4 is 21.6 Å². The van der Waals surface area contributed by atoms with Gasteiger partial charge in [0.1, 0.15) is 6.10 Å². The first kappa shape index (κ1) is 15.3. The lowest BCUT2D eigenvalue weighted by molar-refractivity contribution is -0.136. The van der Waals surface area contributed by atoms with Gasteiger partial charge >= 0.3 is 6.18 Å². The average molecular weight is 328 g/mol. The molecule has 3 nitrogen and oxygen atoms in total. The van der Waals surface area contributed by atoms with Crippen molar-refractivity contribution in [3.8, 4) is 0 Å². The number of hydrogen-bond acceptors (Lipinski definition) is 3. The highest BCUT2D eigenvalue weighted by atomic mass is 79.9. The number of hydrogen-bond donors (Lipinski definition) is 3. The first-order chi connectivity index (χ1) is 8.27. The minimum absolute atomic E-state index is 0.161. The summed E-state index contributed by atoms with van der Waals surface area (Å²) < 4.78 is 37.4. The number of rotatable bonds is 4. The molecule has 0 saturated carbocycles. The largest absolute Gasteiger partial charge is 0.418 e. The lowest BCUT2D eigenvalue weighted by atomic mass is 10.00. The lowest BCUT2D eigenvalue weighted by Crippen LogP contribution is -2.19. The van der Waals surface area contributed by atoms with Crippen LogP contribution >= 0.6 is 15.9 Å². The van der Waals surface area contributed by atoms with E-state index in [0.717, 1.165) is 18.2 Å². The summed E-state index contributed by atoms with van der Waals surface area (Å²) in [5.74, 6) is 0. The van der Waals surface area contributed by atoms with Gasteiger partial charge < -0.3 is 15.9 Å². The molecule has 0 aliphatic heterocycles. The molecule has 18 heavy (non-hydrogen) atoms. The van der Waals surface area contributed by atoms with Crippen molar-refractivity contribution in [1.29, 1.82) is 0 Å². The average Bonchev–Trinajstić information content (AvgIpc) is 2.26. The summed E-state index contributed by atoms with van der Waals surface area (Å²) in [6.07, 6.45) is -6.56. The maximum Gasteiger partial charge on any atom is 0.418 e. The first-order valence-corrected chi connectivity index (χ1v) is 6.28. The van der Waals surface area contributed by atoms with Gasteiger partial charge in [-0.2, -0.15) is 13.2 Å². The molecule has 1 aromatic carbocycles. The molecular weight excluding hydrogens is 315 g/mol. The van der Waals surface area contributed by atoms with E-state index in [-0.39, 0.29) is 12.0 Å². The van der Waals surface area contributed by atoms with Crippen LogP contribution in [0.1, 0.15) is 23.7 Å². The van der Waals surface area contributed by atoms with Gasteiger partial charge in [-0.25, -0.2) is 0 Å². The Morgan fingerprint density at radius 1 is 1.28 bits per heavy atom. The molecule has 0 fully saturated rings. The van der Waals surface area contributed by atoms with Crippen molar-refractivity contribution in [2.24, 2.45) is 0 Å². The van der Waals surface area contributed by atoms with Crippen molar-refractivity contribution in [3.63, 3.8) is 0 Å². The second-order valence-electron chi connectivity index (χ2n) is 3.83. The molecule has 0 bridgehead atoms. The van der Waals surface area contributed by atoms with Crippen LogP contribution in [0.5, 0.6) is 0 Å². The number of benzene rings is 1. The first-order valence-electron chi connectivity index (χ1n) is 5.16. The minimum atomic E-state index is -4.53. The van der Waals surface area contributed by atoms with E-state index in [2.05, 4.69) is 15.9 Å².